The molecule has 1 amide bonds. The van der Waals surface area contributed by atoms with Gasteiger partial charge in [0.05, 0.1) is 25.4 Å². The fourth-order valence-electron chi connectivity index (χ4n) is 8.25. The Morgan fingerprint density at radius 2 is 1.71 bits per heavy atom. The van der Waals surface area contributed by atoms with Gasteiger partial charge >= 0.3 is 0 Å². The molecule has 4 bridgehead atoms. The molecule has 6 saturated heterocycles. The molecule has 0 spiro atoms. The maximum absolute atomic E-state index is 13.4. The number of ether oxygens (including phenoxy) is 4. The number of carbonyl (C=O) groups excluding carboxylic acids is 1. The average Bonchev–Trinajstić information content (AvgIpc) is 3.36. The van der Waals surface area contributed by atoms with Crippen molar-refractivity contribution in [1.82, 2.24) is 5.32 Å². The number of fused-ring (bicyclic) bond motifs is 3. The van der Waals surface area contributed by atoms with Crippen LogP contribution < -0.4 is 10.2 Å². The number of rotatable bonds is 10. The van der Waals surface area contributed by atoms with Gasteiger partial charge in [-0.2, -0.15) is 0 Å². The second-order valence-corrected chi connectivity index (χ2v) is 14.6. The van der Waals surface area contributed by atoms with Gasteiger partial charge in [0.2, 0.25) is 5.91 Å². The summed E-state index contributed by atoms with van der Waals surface area (Å²) in [5, 5.41) is 58.7. The Morgan fingerprint density at radius 3 is 2.47 bits per heavy atom. The number of nitrogens with zero attached hydrogens (tertiary/aromatic N) is 1. The molecule has 280 valence electrons. The quantitative estimate of drug-likeness (QED) is 0.201. The number of aliphatic hydroxyl groups excluding tert-OH is 5. The lowest BCUT2D eigenvalue weighted by Gasteiger charge is -2.47. The summed E-state index contributed by atoms with van der Waals surface area (Å²) < 4.78 is 23.7. The summed E-state index contributed by atoms with van der Waals surface area (Å²) in [6.07, 6.45) is -0.807. The Bertz CT molecular complexity index is 1560. The molecule has 51 heavy (non-hydrogen) atoms. The molecule has 0 aliphatic carbocycles. The predicted octanol–water partition coefficient (Wildman–Crippen LogP) is 2.57. The second kappa shape index (κ2) is 16.4. The molecule has 7 heterocycles. The highest BCUT2D eigenvalue weighted by molar-refractivity contribution is 5.94. The molecule has 12 nitrogen and oxygen atoms in total. The van der Waals surface area contributed by atoms with Gasteiger partial charge in [0.15, 0.2) is 6.29 Å². The highest BCUT2D eigenvalue weighted by Gasteiger charge is 2.52. The lowest BCUT2D eigenvalue weighted by atomic mass is 9.81. The molecular formula is C39H54N2O10. The number of amides is 1. The first-order chi connectivity index (χ1) is 24.6. The van der Waals surface area contributed by atoms with E-state index in [9.17, 15) is 30.3 Å². The first-order valence-electron chi connectivity index (χ1n) is 18.4. The molecule has 12 heteroatoms. The van der Waals surface area contributed by atoms with E-state index in [1.165, 1.54) is 27.7 Å². The monoisotopic (exact) mass is 710 g/mol. The lowest BCUT2D eigenvalue weighted by Crippen LogP contribution is -2.67. The molecule has 9 rings (SSSR count). The van der Waals surface area contributed by atoms with E-state index in [-0.39, 0.29) is 24.3 Å². The van der Waals surface area contributed by atoms with Gasteiger partial charge in [-0.1, -0.05) is 62.8 Å². The molecule has 0 radical (unpaired) electrons. The highest BCUT2D eigenvalue weighted by atomic mass is 16.7. The number of allylic oxidation sites excluding steroid dienone is 4. The smallest absolute Gasteiger partial charge is 0.220 e. The Kier molecular flexibility index (Phi) is 12.2. The Hall–Kier alpha value is -2.91. The van der Waals surface area contributed by atoms with Gasteiger partial charge in [0.25, 0.3) is 0 Å². The van der Waals surface area contributed by atoms with E-state index in [4.69, 9.17) is 18.9 Å². The topological polar surface area (TPSA) is 170 Å². The summed E-state index contributed by atoms with van der Waals surface area (Å²) in [7, 11) is 0. The van der Waals surface area contributed by atoms with E-state index in [1.54, 1.807) is 0 Å². The van der Waals surface area contributed by atoms with Crippen molar-refractivity contribution in [2.24, 2.45) is 0 Å². The minimum absolute atomic E-state index is 0.139. The van der Waals surface area contributed by atoms with Crippen molar-refractivity contribution in [3.63, 3.8) is 0 Å². The molecule has 1 unspecified atom stereocenters. The zero-order valence-corrected chi connectivity index (χ0v) is 29.8. The number of hydrogen-bond donors (Lipinski definition) is 6. The predicted molar refractivity (Wildman–Crippen MR) is 191 cm³/mol. The van der Waals surface area contributed by atoms with Crippen molar-refractivity contribution in [3.05, 3.63) is 65.9 Å². The lowest BCUT2D eigenvalue weighted by molar-refractivity contribution is -0.334. The third kappa shape index (κ3) is 7.62. The van der Waals surface area contributed by atoms with Gasteiger partial charge in [-0.05, 0) is 61.1 Å². The molecule has 6 N–H and O–H groups in total. The number of carbonyl (C=O) groups is 1. The van der Waals surface area contributed by atoms with Crippen molar-refractivity contribution < 1.29 is 49.3 Å². The van der Waals surface area contributed by atoms with Crippen molar-refractivity contribution in [3.8, 4) is 0 Å². The van der Waals surface area contributed by atoms with Crippen LogP contribution in [0.2, 0.25) is 0 Å². The summed E-state index contributed by atoms with van der Waals surface area (Å²) in [5.41, 5.74) is 3.58. The third-order valence-corrected chi connectivity index (χ3v) is 10.9. The molecule has 7 aliphatic rings. The van der Waals surface area contributed by atoms with Crippen LogP contribution in [0.5, 0.6) is 0 Å². The third-order valence-electron chi connectivity index (χ3n) is 10.9. The summed E-state index contributed by atoms with van der Waals surface area (Å²) >= 11 is 0. The van der Waals surface area contributed by atoms with Crippen LogP contribution >= 0.6 is 0 Å². The zero-order valence-electron chi connectivity index (χ0n) is 29.8. The normalized spacial score (nSPS) is 34.4. The highest BCUT2D eigenvalue weighted by Crippen LogP contribution is 2.50. The fraction of sp³-hybridized carbons (Fsp3) is 0.615. The van der Waals surface area contributed by atoms with Crippen LogP contribution in [0.4, 0.5) is 5.69 Å². The zero-order chi connectivity index (χ0) is 36.3. The minimum atomic E-state index is -1.55. The van der Waals surface area contributed by atoms with Gasteiger partial charge in [0, 0.05) is 36.4 Å². The summed E-state index contributed by atoms with van der Waals surface area (Å²) in [6, 6.07) is 11.9. The molecule has 6 fully saturated rings. The van der Waals surface area contributed by atoms with E-state index in [1.807, 2.05) is 13.0 Å². The van der Waals surface area contributed by atoms with Crippen LogP contribution in [-0.2, 0) is 29.2 Å². The Labute approximate surface area is 299 Å². The molecule has 0 saturated carbocycles. The second-order valence-electron chi connectivity index (χ2n) is 14.6. The number of nitrogens with one attached hydrogen (secondary N) is 1. The largest absolute Gasteiger partial charge is 0.394 e. The van der Waals surface area contributed by atoms with Gasteiger partial charge in [-0.15, -0.1) is 0 Å². The molecule has 2 aromatic rings. The SMILES string of the molecule is C/C=C/C=C1/N(CCCCCC(=O)N[C@H]2[C@H](O)[C@H]3CCCO[C@H]4[C@H](O)[C@@H](O)C(O[C@@H]2[C@@H](CO)O3)O[C@@H]4CO)c2ccc3ccccc3c2C1(C)C. The van der Waals surface area contributed by atoms with Gasteiger partial charge in [0.1, 0.15) is 42.7 Å². The number of anilines is 1. The van der Waals surface area contributed by atoms with E-state index in [0.717, 1.165) is 19.4 Å². The summed E-state index contributed by atoms with van der Waals surface area (Å²) in [6.45, 7) is 6.53. The first kappa shape index (κ1) is 37.8. The van der Waals surface area contributed by atoms with E-state index in [0.29, 0.717) is 19.3 Å². The Morgan fingerprint density at radius 1 is 0.941 bits per heavy atom. The van der Waals surface area contributed by atoms with Crippen molar-refractivity contribution in [2.45, 2.75) is 126 Å². The molecule has 7 aliphatic heterocycles. The van der Waals surface area contributed by atoms with Gasteiger partial charge in [-0.3, -0.25) is 4.79 Å². The van der Waals surface area contributed by atoms with Crippen LogP contribution in [0.15, 0.2) is 60.3 Å². The standard InChI is InChI=1S/C39H54N2O10/c1-4-5-15-29-39(2,3)31-24-13-9-8-12-23(24)17-18-25(31)41(29)19-10-6-7-16-30(44)40-32-33(45)26-14-11-20-48-37-28(22-43)50-38(35(47)34(37)46)51-36(32)27(21-42)49-26/h4-5,8-9,12-13,15,17-18,26-28,32-38,42-43,45-47H,6-7,10-11,14,16,19-22H2,1-3H3,(H,40,44)/b5-4+,29-15+/t26-,27-,28-,32+,33-,34-,35-,36-,37-,38?/m1/s1. The van der Waals surface area contributed by atoms with Crippen LogP contribution in [-0.4, -0.2) is 119 Å². The van der Waals surface area contributed by atoms with Gasteiger partial charge < -0.3 is 54.7 Å². The number of benzene rings is 2. The van der Waals surface area contributed by atoms with Crippen molar-refractivity contribution >= 4 is 22.4 Å². The van der Waals surface area contributed by atoms with E-state index >= 15 is 0 Å². The maximum Gasteiger partial charge on any atom is 0.220 e. The van der Waals surface area contributed by atoms with Gasteiger partial charge in [-0.25, -0.2) is 0 Å². The minimum Gasteiger partial charge on any atom is -0.394 e. The van der Waals surface area contributed by atoms with E-state index in [2.05, 4.69) is 72.6 Å². The molecule has 0 aromatic heterocycles. The van der Waals surface area contributed by atoms with Crippen LogP contribution in [0.1, 0.15) is 64.9 Å². The van der Waals surface area contributed by atoms with Crippen LogP contribution in [0.25, 0.3) is 10.8 Å². The molecule has 2 aromatic carbocycles. The van der Waals surface area contributed by atoms with Crippen LogP contribution in [0, 0.1) is 0 Å². The summed E-state index contributed by atoms with van der Waals surface area (Å²) in [4.78, 5) is 15.8. The maximum atomic E-state index is 13.4. The number of aliphatic hydroxyl groups is 5. The van der Waals surface area contributed by atoms with E-state index < -0.39 is 74.4 Å². The average molecular weight is 711 g/mol. The Balaban J connectivity index is 1.11. The fourth-order valence-corrected chi connectivity index (χ4v) is 8.25. The first-order valence-corrected chi connectivity index (χ1v) is 18.4. The van der Waals surface area contributed by atoms with Crippen molar-refractivity contribution in [1.29, 1.82) is 0 Å². The number of unbranched alkanes of at least 4 members (excludes halogenated alkanes) is 2. The van der Waals surface area contributed by atoms with Crippen molar-refractivity contribution in [2.75, 3.05) is 31.3 Å². The summed E-state index contributed by atoms with van der Waals surface area (Å²) in [5.74, 6) is -0.288. The molecule has 10 atom stereocenters. The number of hydrogen-bond acceptors (Lipinski definition) is 11. The molecular weight excluding hydrogens is 656 g/mol. The van der Waals surface area contributed by atoms with Crippen LogP contribution in [0.3, 0.4) is 0 Å².